The lowest BCUT2D eigenvalue weighted by atomic mass is 10.0. The normalized spacial score (nSPS) is 23.1. The van der Waals surface area contributed by atoms with Crippen LogP contribution in [0.15, 0.2) is 24.3 Å². The monoisotopic (exact) mass is 333 g/mol. The van der Waals surface area contributed by atoms with E-state index in [1.165, 1.54) is 5.56 Å². The molecule has 6 heteroatoms. The van der Waals surface area contributed by atoms with Crippen LogP contribution in [0.5, 0.6) is 0 Å². The first-order valence-electron chi connectivity index (χ1n) is 8.78. The van der Waals surface area contributed by atoms with Crippen molar-refractivity contribution in [2.24, 2.45) is 0 Å². The van der Waals surface area contributed by atoms with Crippen LogP contribution in [0.3, 0.4) is 0 Å². The SMILES string of the molecule is O=C(NCc1ccccc1CN1CCC(O)CC1)C1COCCN1. The lowest BCUT2D eigenvalue weighted by Crippen LogP contribution is -2.51. The summed E-state index contributed by atoms with van der Waals surface area (Å²) in [6.07, 6.45) is 1.53. The van der Waals surface area contributed by atoms with Crippen LogP contribution in [0.25, 0.3) is 0 Å². The summed E-state index contributed by atoms with van der Waals surface area (Å²) in [5, 5.41) is 15.8. The first-order chi connectivity index (χ1) is 11.7. The molecule has 6 nitrogen and oxygen atoms in total. The quantitative estimate of drug-likeness (QED) is 0.720. The van der Waals surface area contributed by atoms with E-state index in [0.717, 1.165) is 44.6 Å². The lowest BCUT2D eigenvalue weighted by molar-refractivity contribution is -0.126. The molecule has 2 heterocycles. The van der Waals surface area contributed by atoms with Gasteiger partial charge in [-0.2, -0.15) is 0 Å². The van der Waals surface area contributed by atoms with Crippen molar-refractivity contribution in [3.05, 3.63) is 35.4 Å². The van der Waals surface area contributed by atoms with Gasteiger partial charge in [0.2, 0.25) is 5.91 Å². The van der Waals surface area contributed by atoms with Crippen molar-refractivity contribution >= 4 is 5.91 Å². The van der Waals surface area contributed by atoms with Crippen molar-refractivity contribution in [1.82, 2.24) is 15.5 Å². The summed E-state index contributed by atoms with van der Waals surface area (Å²) in [5.41, 5.74) is 2.38. The number of hydrogen-bond acceptors (Lipinski definition) is 5. The number of benzene rings is 1. The highest BCUT2D eigenvalue weighted by Crippen LogP contribution is 2.16. The molecule has 2 aliphatic rings. The third-order valence-corrected chi connectivity index (χ3v) is 4.76. The summed E-state index contributed by atoms with van der Waals surface area (Å²) >= 11 is 0. The molecule has 1 aromatic rings. The number of rotatable bonds is 5. The van der Waals surface area contributed by atoms with Gasteiger partial charge in [0.15, 0.2) is 0 Å². The smallest absolute Gasteiger partial charge is 0.239 e. The molecule has 1 unspecified atom stereocenters. The summed E-state index contributed by atoms with van der Waals surface area (Å²) in [6.45, 7) is 5.06. The van der Waals surface area contributed by atoms with Crippen molar-refractivity contribution in [3.8, 4) is 0 Å². The van der Waals surface area contributed by atoms with Gasteiger partial charge in [-0.3, -0.25) is 9.69 Å². The number of amides is 1. The second-order valence-corrected chi connectivity index (χ2v) is 6.58. The average molecular weight is 333 g/mol. The first-order valence-corrected chi connectivity index (χ1v) is 8.78. The molecule has 2 fully saturated rings. The third-order valence-electron chi connectivity index (χ3n) is 4.76. The van der Waals surface area contributed by atoms with Crippen molar-refractivity contribution in [3.63, 3.8) is 0 Å². The van der Waals surface area contributed by atoms with Crippen LogP contribution in [-0.4, -0.2) is 60.9 Å². The number of aliphatic hydroxyl groups is 1. The van der Waals surface area contributed by atoms with E-state index < -0.39 is 0 Å². The number of nitrogens with zero attached hydrogens (tertiary/aromatic N) is 1. The van der Waals surface area contributed by atoms with Gasteiger partial charge in [-0.1, -0.05) is 24.3 Å². The molecule has 1 amide bonds. The van der Waals surface area contributed by atoms with Gasteiger partial charge in [0.05, 0.1) is 19.3 Å². The van der Waals surface area contributed by atoms with E-state index in [-0.39, 0.29) is 18.1 Å². The Labute approximate surface area is 143 Å². The van der Waals surface area contributed by atoms with Crippen LogP contribution in [0.2, 0.25) is 0 Å². The molecule has 3 N–H and O–H groups in total. The highest BCUT2D eigenvalue weighted by atomic mass is 16.5. The number of piperidine rings is 1. The van der Waals surface area contributed by atoms with E-state index in [1.54, 1.807) is 0 Å². The van der Waals surface area contributed by atoms with Crippen molar-refractivity contribution in [1.29, 1.82) is 0 Å². The van der Waals surface area contributed by atoms with Crippen molar-refractivity contribution < 1.29 is 14.6 Å². The van der Waals surface area contributed by atoms with Gasteiger partial charge in [-0.05, 0) is 24.0 Å². The Morgan fingerprint density at radius 3 is 2.75 bits per heavy atom. The topological polar surface area (TPSA) is 73.8 Å². The number of carbonyl (C=O) groups excluding carboxylic acids is 1. The largest absolute Gasteiger partial charge is 0.393 e. The van der Waals surface area contributed by atoms with Crippen LogP contribution >= 0.6 is 0 Å². The molecule has 0 spiro atoms. The van der Waals surface area contributed by atoms with Crippen molar-refractivity contribution in [2.45, 2.75) is 38.1 Å². The molecule has 0 aromatic heterocycles. The van der Waals surface area contributed by atoms with E-state index in [9.17, 15) is 9.90 Å². The Balaban J connectivity index is 1.54. The zero-order valence-electron chi connectivity index (χ0n) is 14.0. The lowest BCUT2D eigenvalue weighted by Gasteiger charge is -2.30. The van der Waals surface area contributed by atoms with E-state index in [1.807, 2.05) is 12.1 Å². The van der Waals surface area contributed by atoms with Gasteiger partial charge in [-0.25, -0.2) is 0 Å². The maximum atomic E-state index is 12.2. The van der Waals surface area contributed by atoms with Gasteiger partial charge in [0.25, 0.3) is 0 Å². The van der Waals surface area contributed by atoms with Gasteiger partial charge in [0, 0.05) is 32.7 Å². The van der Waals surface area contributed by atoms with Gasteiger partial charge < -0.3 is 20.5 Å². The molecular formula is C18H27N3O3. The Morgan fingerprint density at radius 2 is 2.04 bits per heavy atom. The minimum Gasteiger partial charge on any atom is -0.393 e. The third kappa shape index (κ3) is 4.77. The van der Waals surface area contributed by atoms with Crippen LogP contribution < -0.4 is 10.6 Å². The predicted molar refractivity (Wildman–Crippen MR) is 91.4 cm³/mol. The van der Waals surface area contributed by atoms with E-state index in [2.05, 4.69) is 27.7 Å². The number of carbonyl (C=O) groups is 1. The second-order valence-electron chi connectivity index (χ2n) is 6.58. The Bertz CT molecular complexity index is 538. The summed E-state index contributed by atoms with van der Waals surface area (Å²) in [4.78, 5) is 14.6. The zero-order chi connectivity index (χ0) is 16.8. The molecule has 132 valence electrons. The molecule has 0 radical (unpaired) electrons. The molecular weight excluding hydrogens is 306 g/mol. The fraction of sp³-hybridized carbons (Fsp3) is 0.611. The van der Waals surface area contributed by atoms with Crippen LogP contribution in [0.1, 0.15) is 24.0 Å². The molecule has 0 saturated carbocycles. The minimum absolute atomic E-state index is 0.00871. The fourth-order valence-corrected chi connectivity index (χ4v) is 3.24. The number of hydrogen-bond donors (Lipinski definition) is 3. The number of likely N-dealkylation sites (tertiary alicyclic amines) is 1. The van der Waals surface area contributed by atoms with Crippen LogP contribution in [0, 0.1) is 0 Å². The fourth-order valence-electron chi connectivity index (χ4n) is 3.24. The predicted octanol–water partition coefficient (Wildman–Crippen LogP) is 0.248. The molecule has 2 aliphatic heterocycles. The van der Waals surface area contributed by atoms with E-state index in [4.69, 9.17) is 4.74 Å². The molecule has 3 rings (SSSR count). The molecule has 1 atom stereocenters. The molecule has 2 saturated heterocycles. The number of nitrogens with one attached hydrogen (secondary N) is 2. The van der Waals surface area contributed by atoms with Crippen LogP contribution in [-0.2, 0) is 22.6 Å². The molecule has 24 heavy (non-hydrogen) atoms. The van der Waals surface area contributed by atoms with Gasteiger partial charge in [0.1, 0.15) is 6.04 Å². The van der Waals surface area contributed by atoms with E-state index in [0.29, 0.717) is 19.8 Å². The summed E-state index contributed by atoms with van der Waals surface area (Å²) in [6, 6.07) is 7.98. The number of ether oxygens (including phenoxy) is 1. The Morgan fingerprint density at radius 1 is 1.29 bits per heavy atom. The van der Waals surface area contributed by atoms with Crippen LogP contribution in [0.4, 0.5) is 0 Å². The molecule has 1 aromatic carbocycles. The molecule has 0 bridgehead atoms. The Hall–Kier alpha value is -1.47. The highest BCUT2D eigenvalue weighted by molar-refractivity contribution is 5.82. The minimum atomic E-state index is -0.255. The van der Waals surface area contributed by atoms with Crippen molar-refractivity contribution in [2.75, 3.05) is 32.8 Å². The average Bonchev–Trinajstić information content (AvgIpc) is 2.63. The summed E-state index contributed by atoms with van der Waals surface area (Å²) in [5.74, 6) is -0.00871. The maximum absolute atomic E-state index is 12.2. The molecule has 0 aliphatic carbocycles. The van der Waals surface area contributed by atoms with E-state index >= 15 is 0 Å². The number of aliphatic hydroxyl groups excluding tert-OH is 1. The first kappa shape index (κ1) is 17.4. The maximum Gasteiger partial charge on any atom is 0.239 e. The Kier molecular flexibility index (Phi) is 6.20. The van der Waals surface area contributed by atoms with Gasteiger partial charge in [-0.15, -0.1) is 0 Å². The highest BCUT2D eigenvalue weighted by Gasteiger charge is 2.21. The summed E-state index contributed by atoms with van der Waals surface area (Å²) < 4.78 is 5.34. The van der Waals surface area contributed by atoms with Gasteiger partial charge >= 0.3 is 0 Å². The number of morpholine rings is 1. The second kappa shape index (κ2) is 8.58. The zero-order valence-corrected chi connectivity index (χ0v) is 14.0. The summed E-state index contributed by atoms with van der Waals surface area (Å²) in [7, 11) is 0. The standard InChI is InChI=1S/C18H27N3O3/c22-16-5-8-21(9-6-16)12-15-4-2-1-3-14(15)11-20-18(23)17-13-24-10-7-19-17/h1-4,16-17,19,22H,5-13H2,(H,20,23).